The largest absolute Gasteiger partial charge is 0.389 e. The van der Waals surface area contributed by atoms with Gasteiger partial charge in [0.15, 0.2) is 0 Å². The van der Waals surface area contributed by atoms with E-state index in [2.05, 4.69) is 6.08 Å². The predicted molar refractivity (Wildman–Crippen MR) is 36.0 cm³/mol. The first kappa shape index (κ1) is 5.48. The first-order chi connectivity index (χ1) is 4.38. The van der Waals surface area contributed by atoms with Crippen molar-refractivity contribution in [1.29, 1.82) is 0 Å². The second-order valence-electron chi connectivity index (χ2n) is 3.13. The molecule has 0 spiro atoms. The van der Waals surface area contributed by atoms with Gasteiger partial charge >= 0.3 is 0 Å². The van der Waals surface area contributed by atoms with Gasteiger partial charge in [0.1, 0.15) is 0 Å². The van der Waals surface area contributed by atoms with Crippen LogP contribution in [0.2, 0.25) is 0 Å². The lowest BCUT2D eigenvalue weighted by Crippen LogP contribution is -2.14. The molecule has 0 aromatic heterocycles. The highest BCUT2D eigenvalue weighted by molar-refractivity contribution is 5.09. The normalized spacial score (nSPS) is 47.9. The molecule has 0 unspecified atom stereocenters. The van der Waals surface area contributed by atoms with Gasteiger partial charge in [-0.3, -0.25) is 0 Å². The first-order valence-electron chi connectivity index (χ1n) is 3.74. The minimum Gasteiger partial charge on any atom is -0.389 e. The van der Waals surface area contributed by atoms with Gasteiger partial charge in [0, 0.05) is 0 Å². The molecule has 2 aliphatic carbocycles. The third-order valence-electron chi connectivity index (χ3n) is 2.62. The molecular formula is C8H12O. The highest BCUT2D eigenvalue weighted by Gasteiger charge is 2.33. The van der Waals surface area contributed by atoms with Crippen molar-refractivity contribution < 1.29 is 5.11 Å². The summed E-state index contributed by atoms with van der Waals surface area (Å²) in [6.45, 7) is 0. The lowest BCUT2D eigenvalue weighted by molar-refractivity contribution is 0.154. The molecule has 1 nitrogen and oxygen atoms in total. The summed E-state index contributed by atoms with van der Waals surface area (Å²) in [5.74, 6) is 1.31. The van der Waals surface area contributed by atoms with E-state index >= 15 is 0 Å². The molecule has 0 amide bonds. The van der Waals surface area contributed by atoms with Gasteiger partial charge < -0.3 is 5.11 Å². The lowest BCUT2D eigenvalue weighted by Gasteiger charge is -2.11. The van der Waals surface area contributed by atoms with E-state index in [0.29, 0.717) is 5.92 Å². The Morgan fingerprint density at radius 1 is 1.22 bits per heavy atom. The topological polar surface area (TPSA) is 20.2 Å². The molecule has 2 aliphatic rings. The monoisotopic (exact) mass is 124 g/mol. The van der Waals surface area contributed by atoms with Crippen LogP contribution in [-0.4, -0.2) is 11.2 Å². The quantitative estimate of drug-likeness (QED) is 0.483. The minimum absolute atomic E-state index is 0.113. The Kier molecular flexibility index (Phi) is 1.12. The fourth-order valence-electron chi connectivity index (χ4n) is 2.08. The number of aliphatic hydroxyl groups excluding tert-OH is 1. The van der Waals surface area contributed by atoms with E-state index in [-0.39, 0.29) is 6.10 Å². The van der Waals surface area contributed by atoms with E-state index in [1.807, 2.05) is 6.08 Å². The molecule has 3 atom stereocenters. The molecule has 0 aromatic rings. The van der Waals surface area contributed by atoms with Crippen LogP contribution in [0.15, 0.2) is 12.2 Å². The number of hydrogen-bond donors (Lipinski definition) is 1. The maximum atomic E-state index is 9.31. The van der Waals surface area contributed by atoms with Crippen molar-refractivity contribution in [3.63, 3.8) is 0 Å². The summed E-state index contributed by atoms with van der Waals surface area (Å²) in [5.41, 5.74) is 0. The van der Waals surface area contributed by atoms with E-state index < -0.39 is 0 Å². The predicted octanol–water partition coefficient (Wildman–Crippen LogP) is 1.33. The number of allylic oxidation sites excluding steroid dienone is 1. The maximum absolute atomic E-state index is 9.31. The third kappa shape index (κ3) is 0.715. The van der Waals surface area contributed by atoms with E-state index in [1.165, 1.54) is 19.3 Å². The number of aliphatic hydroxyl groups is 1. The highest BCUT2D eigenvalue weighted by Crippen LogP contribution is 2.39. The van der Waals surface area contributed by atoms with Gasteiger partial charge in [-0.05, 0) is 24.7 Å². The Morgan fingerprint density at radius 2 is 2.11 bits per heavy atom. The molecule has 1 saturated carbocycles. The molecule has 1 heteroatoms. The average Bonchev–Trinajstić information content (AvgIpc) is 2.35. The second kappa shape index (κ2) is 1.84. The first-order valence-corrected chi connectivity index (χ1v) is 3.74. The molecule has 1 fully saturated rings. The van der Waals surface area contributed by atoms with Crippen LogP contribution >= 0.6 is 0 Å². The number of fused-ring (bicyclic) bond motifs is 1. The van der Waals surface area contributed by atoms with E-state index in [1.54, 1.807) is 0 Å². The van der Waals surface area contributed by atoms with Crippen molar-refractivity contribution in [2.75, 3.05) is 0 Å². The van der Waals surface area contributed by atoms with Gasteiger partial charge in [-0.15, -0.1) is 0 Å². The molecule has 0 heterocycles. The zero-order valence-corrected chi connectivity index (χ0v) is 5.46. The van der Waals surface area contributed by atoms with Crippen molar-refractivity contribution in [3.05, 3.63) is 12.2 Å². The van der Waals surface area contributed by atoms with Crippen LogP contribution in [0.4, 0.5) is 0 Å². The van der Waals surface area contributed by atoms with Crippen molar-refractivity contribution >= 4 is 0 Å². The Labute approximate surface area is 55.4 Å². The van der Waals surface area contributed by atoms with Crippen LogP contribution in [0, 0.1) is 11.8 Å². The van der Waals surface area contributed by atoms with Gasteiger partial charge in [-0.2, -0.15) is 0 Å². The Bertz CT molecular complexity index is 140. The van der Waals surface area contributed by atoms with E-state index in [9.17, 15) is 5.11 Å². The molecule has 9 heavy (non-hydrogen) atoms. The highest BCUT2D eigenvalue weighted by atomic mass is 16.3. The molecular weight excluding hydrogens is 112 g/mol. The zero-order valence-electron chi connectivity index (χ0n) is 5.46. The summed E-state index contributed by atoms with van der Waals surface area (Å²) in [6.07, 6.45) is 7.88. The van der Waals surface area contributed by atoms with Crippen LogP contribution in [-0.2, 0) is 0 Å². The molecule has 0 saturated heterocycles. The maximum Gasteiger partial charge on any atom is 0.0754 e. The van der Waals surface area contributed by atoms with E-state index in [4.69, 9.17) is 0 Å². The smallest absolute Gasteiger partial charge is 0.0754 e. The van der Waals surface area contributed by atoms with Crippen molar-refractivity contribution in [2.24, 2.45) is 11.8 Å². The third-order valence-corrected chi connectivity index (χ3v) is 2.62. The molecule has 0 aromatic carbocycles. The standard InChI is InChI=1S/C8H12O/c9-8-5-4-6-2-1-3-7(6)8/h4-9H,1-3H2/t6-,7-,8-/m1/s1. The van der Waals surface area contributed by atoms with Gasteiger partial charge in [0.25, 0.3) is 0 Å². The van der Waals surface area contributed by atoms with Crippen LogP contribution in [0.25, 0.3) is 0 Å². The Morgan fingerprint density at radius 3 is 2.89 bits per heavy atom. The van der Waals surface area contributed by atoms with E-state index in [0.717, 1.165) is 5.92 Å². The van der Waals surface area contributed by atoms with Crippen LogP contribution < -0.4 is 0 Å². The average molecular weight is 124 g/mol. The Balaban J connectivity index is 2.15. The summed E-state index contributed by atoms with van der Waals surface area (Å²) >= 11 is 0. The zero-order chi connectivity index (χ0) is 6.27. The molecule has 0 radical (unpaired) electrons. The van der Waals surface area contributed by atoms with Crippen molar-refractivity contribution in [2.45, 2.75) is 25.4 Å². The van der Waals surface area contributed by atoms with Gasteiger partial charge in [-0.1, -0.05) is 18.6 Å². The van der Waals surface area contributed by atoms with Gasteiger partial charge in [0.05, 0.1) is 6.10 Å². The fraction of sp³-hybridized carbons (Fsp3) is 0.750. The van der Waals surface area contributed by atoms with Crippen LogP contribution in [0.1, 0.15) is 19.3 Å². The second-order valence-corrected chi connectivity index (χ2v) is 3.13. The molecule has 0 bridgehead atoms. The fourth-order valence-corrected chi connectivity index (χ4v) is 2.08. The summed E-state index contributed by atoms with van der Waals surface area (Å²) in [5, 5.41) is 9.31. The van der Waals surface area contributed by atoms with Crippen molar-refractivity contribution in [3.8, 4) is 0 Å². The Hall–Kier alpha value is -0.300. The summed E-state index contributed by atoms with van der Waals surface area (Å²) in [6, 6.07) is 0. The minimum atomic E-state index is -0.113. The molecule has 2 rings (SSSR count). The van der Waals surface area contributed by atoms with Crippen molar-refractivity contribution in [1.82, 2.24) is 0 Å². The number of hydrogen-bond acceptors (Lipinski definition) is 1. The number of rotatable bonds is 0. The molecule has 0 aliphatic heterocycles. The van der Waals surface area contributed by atoms with Crippen LogP contribution in [0.5, 0.6) is 0 Å². The van der Waals surface area contributed by atoms with Gasteiger partial charge in [-0.25, -0.2) is 0 Å². The SMILES string of the molecule is O[C@@H]1C=C[C@H]2CCC[C@@H]12. The summed E-state index contributed by atoms with van der Waals surface area (Å²) in [7, 11) is 0. The molecule has 50 valence electrons. The molecule has 1 N–H and O–H groups in total. The summed E-state index contributed by atoms with van der Waals surface area (Å²) in [4.78, 5) is 0. The van der Waals surface area contributed by atoms with Gasteiger partial charge in [0.2, 0.25) is 0 Å². The lowest BCUT2D eigenvalue weighted by atomic mass is 9.98. The summed E-state index contributed by atoms with van der Waals surface area (Å²) < 4.78 is 0. The van der Waals surface area contributed by atoms with Crippen LogP contribution in [0.3, 0.4) is 0 Å².